The number of pyridine rings is 1. The number of nitrogen functional groups attached to an aromatic ring is 1. The number of carbonyl (C=O) groups is 1. The SMILES string of the molecule is Nc1ccccc1NC(=O)c1ccc(N2CC[C@H](Nc3ccccn3)C2)cc1. The van der Waals surface area contributed by atoms with E-state index in [1.54, 1.807) is 18.3 Å². The van der Waals surface area contributed by atoms with Crippen LogP contribution in [0.1, 0.15) is 16.8 Å². The Morgan fingerprint density at radius 2 is 1.82 bits per heavy atom. The van der Waals surface area contributed by atoms with Gasteiger partial charge in [0, 0.05) is 36.6 Å². The third-order valence-corrected chi connectivity index (χ3v) is 4.91. The van der Waals surface area contributed by atoms with E-state index < -0.39 is 0 Å². The molecule has 0 aliphatic carbocycles. The molecule has 1 atom stereocenters. The minimum Gasteiger partial charge on any atom is -0.397 e. The molecule has 0 saturated carbocycles. The summed E-state index contributed by atoms with van der Waals surface area (Å²) in [6.45, 7) is 1.87. The molecule has 0 radical (unpaired) electrons. The van der Waals surface area contributed by atoms with Gasteiger partial charge in [0.15, 0.2) is 0 Å². The van der Waals surface area contributed by atoms with Gasteiger partial charge in [-0.2, -0.15) is 0 Å². The van der Waals surface area contributed by atoms with E-state index in [1.165, 1.54) is 0 Å². The first-order chi connectivity index (χ1) is 13.7. The maximum absolute atomic E-state index is 12.5. The molecule has 3 aromatic rings. The average molecular weight is 373 g/mol. The van der Waals surface area contributed by atoms with Crippen LogP contribution < -0.4 is 21.3 Å². The van der Waals surface area contributed by atoms with Crippen molar-refractivity contribution in [1.29, 1.82) is 0 Å². The molecule has 0 bridgehead atoms. The minimum absolute atomic E-state index is 0.166. The first-order valence-electron chi connectivity index (χ1n) is 9.37. The summed E-state index contributed by atoms with van der Waals surface area (Å²) < 4.78 is 0. The zero-order valence-electron chi connectivity index (χ0n) is 15.5. The predicted octanol–water partition coefficient (Wildman–Crippen LogP) is 3.61. The van der Waals surface area contributed by atoms with Gasteiger partial charge in [0.1, 0.15) is 5.82 Å². The second-order valence-electron chi connectivity index (χ2n) is 6.88. The highest BCUT2D eigenvalue weighted by Gasteiger charge is 2.23. The zero-order chi connectivity index (χ0) is 19.3. The van der Waals surface area contributed by atoms with Crippen LogP contribution >= 0.6 is 0 Å². The quantitative estimate of drug-likeness (QED) is 0.595. The van der Waals surface area contributed by atoms with Gasteiger partial charge in [-0.15, -0.1) is 0 Å². The average Bonchev–Trinajstić information content (AvgIpc) is 3.19. The number of hydrogen-bond acceptors (Lipinski definition) is 5. The summed E-state index contributed by atoms with van der Waals surface area (Å²) in [6.07, 6.45) is 2.84. The topological polar surface area (TPSA) is 83.3 Å². The second-order valence-corrected chi connectivity index (χ2v) is 6.88. The second kappa shape index (κ2) is 8.00. The predicted molar refractivity (Wildman–Crippen MR) is 114 cm³/mol. The Labute approximate surface area is 164 Å². The fourth-order valence-electron chi connectivity index (χ4n) is 3.40. The van der Waals surface area contributed by atoms with Crippen LogP contribution in [-0.4, -0.2) is 30.0 Å². The molecule has 2 aromatic carbocycles. The van der Waals surface area contributed by atoms with E-state index in [0.29, 0.717) is 23.0 Å². The van der Waals surface area contributed by atoms with Gasteiger partial charge in [0.2, 0.25) is 0 Å². The lowest BCUT2D eigenvalue weighted by atomic mass is 10.1. The van der Waals surface area contributed by atoms with Crippen molar-refractivity contribution in [3.8, 4) is 0 Å². The van der Waals surface area contributed by atoms with Gasteiger partial charge in [-0.25, -0.2) is 4.98 Å². The van der Waals surface area contributed by atoms with Crippen molar-refractivity contribution < 1.29 is 4.79 Å². The number of carbonyl (C=O) groups excluding carboxylic acids is 1. The van der Waals surface area contributed by atoms with Gasteiger partial charge < -0.3 is 21.3 Å². The molecule has 2 heterocycles. The molecule has 28 heavy (non-hydrogen) atoms. The molecule has 0 spiro atoms. The molecule has 4 N–H and O–H groups in total. The molecule has 4 rings (SSSR count). The summed E-state index contributed by atoms with van der Waals surface area (Å²) >= 11 is 0. The number of benzene rings is 2. The summed E-state index contributed by atoms with van der Waals surface area (Å²) in [6, 6.07) is 21.2. The normalized spacial score (nSPS) is 16.0. The van der Waals surface area contributed by atoms with Crippen molar-refractivity contribution in [2.75, 3.05) is 34.4 Å². The van der Waals surface area contributed by atoms with Crippen LogP contribution in [0.25, 0.3) is 0 Å². The third kappa shape index (κ3) is 4.06. The lowest BCUT2D eigenvalue weighted by Crippen LogP contribution is -2.26. The maximum atomic E-state index is 12.5. The lowest BCUT2D eigenvalue weighted by Gasteiger charge is -2.19. The largest absolute Gasteiger partial charge is 0.397 e. The van der Waals surface area contributed by atoms with Crippen LogP contribution in [0.15, 0.2) is 72.9 Å². The molecule has 1 aromatic heterocycles. The first kappa shape index (κ1) is 17.9. The highest BCUT2D eigenvalue weighted by Crippen LogP contribution is 2.23. The van der Waals surface area contributed by atoms with Crippen molar-refractivity contribution >= 4 is 28.8 Å². The van der Waals surface area contributed by atoms with Crippen molar-refractivity contribution in [2.24, 2.45) is 0 Å². The van der Waals surface area contributed by atoms with Crippen LogP contribution in [0, 0.1) is 0 Å². The van der Waals surface area contributed by atoms with Crippen molar-refractivity contribution in [2.45, 2.75) is 12.5 Å². The molecule has 1 fully saturated rings. The fraction of sp³-hybridized carbons (Fsp3) is 0.182. The molecule has 142 valence electrons. The Bertz CT molecular complexity index is 943. The van der Waals surface area contributed by atoms with E-state index in [9.17, 15) is 4.79 Å². The van der Waals surface area contributed by atoms with Crippen molar-refractivity contribution in [3.05, 3.63) is 78.5 Å². The summed E-state index contributed by atoms with van der Waals surface area (Å²) in [5.41, 5.74) is 8.78. The number of rotatable bonds is 5. The minimum atomic E-state index is -0.166. The van der Waals surface area contributed by atoms with Gasteiger partial charge in [-0.05, 0) is 55.0 Å². The number of para-hydroxylation sites is 2. The highest BCUT2D eigenvalue weighted by atomic mass is 16.1. The Hall–Kier alpha value is -3.54. The Kier molecular flexibility index (Phi) is 5.10. The lowest BCUT2D eigenvalue weighted by molar-refractivity contribution is 0.102. The summed E-state index contributed by atoms with van der Waals surface area (Å²) in [5.74, 6) is 0.738. The van der Waals surface area contributed by atoms with Gasteiger partial charge in [0.25, 0.3) is 5.91 Å². The molecule has 1 aliphatic heterocycles. The van der Waals surface area contributed by atoms with Gasteiger partial charge >= 0.3 is 0 Å². The molecule has 1 aliphatic rings. The Morgan fingerprint density at radius 3 is 2.57 bits per heavy atom. The third-order valence-electron chi connectivity index (χ3n) is 4.91. The summed E-state index contributed by atoms with van der Waals surface area (Å²) in [4.78, 5) is 19.1. The van der Waals surface area contributed by atoms with Crippen LogP contribution in [0.3, 0.4) is 0 Å². The van der Waals surface area contributed by atoms with E-state index in [4.69, 9.17) is 5.73 Å². The van der Waals surface area contributed by atoms with Crippen LogP contribution in [0.5, 0.6) is 0 Å². The van der Waals surface area contributed by atoms with E-state index >= 15 is 0 Å². The van der Waals surface area contributed by atoms with E-state index in [2.05, 4.69) is 20.5 Å². The Morgan fingerprint density at radius 1 is 1.04 bits per heavy atom. The first-order valence-corrected chi connectivity index (χ1v) is 9.37. The standard InChI is InChI=1S/C22H23N5O/c23-19-5-1-2-6-20(19)26-22(28)16-8-10-18(11-9-16)27-14-12-17(15-27)25-21-7-3-4-13-24-21/h1-11,13,17H,12,14-15,23H2,(H,24,25)(H,26,28)/t17-/m0/s1. The number of anilines is 4. The summed E-state index contributed by atoms with van der Waals surface area (Å²) in [5, 5.41) is 6.33. The van der Waals surface area contributed by atoms with Gasteiger partial charge in [0.05, 0.1) is 11.4 Å². The molecule has 6 nitrogen and oxygen atoms in total. The molecular formula is C22H23N5O. The fourth-order valence-corrected chi connectivity index (χ4v) is 3.40. The van der Waals surface area contributed by atoms with E-state index in [0.717, 1.165) is 31.0 Å². The molecule has 0 unspecified atom stereocenters. The van der Waals surface area contributed by atoms with Crippen molar-refractivity contribution in [1.82, 2.24) is 4.98 Å². The monoisotopic (exact) mass is 373 g/mol. The smallest absolute Gasteiger partial charge is 0.255 e. The molecular weight excluding hydrogens is 350 g/mol. The number of nitrogens with one attached hydrogen (secondary N) is 2. The van der Waals surface area contributed by atoms with E-state index in [1.807, 2.05) is 54.6 Å². The van der Waals surface area contributed by atoms with Gasteiger partial charge in [-0.1, -0.05) is 18.2 Å². The Balaban J connectivity index is 1.37. The molecule has 1 amide bonds. The number of aromatic nitrogens is 1. The molecule has 1 saturated heterocycles. The van der Waals surface area contributed by atoms with E-state index in [-0.39, 0.29) is 5.91 Å². The van der Waals surface area contributed by atoms with Gasteiger partial charge in [-0.3, -0.25) is 4.79 Å². The summed E-state index contributed by atoms with van der Waals surface area (Å²) in [7, 11) is 0. The highest BCUT2D eigenvalue weighted by molar-refractivity contribution is 6.05. The van der Waals surface area contributed by atoms with Crippen molar-refractivity contribution in [3.63, 3.8) is 0 Å². The van der Waals surface area contributed by atoms with Crippen LogP contribution in [0.4, 0.5) is 22.9 Å². The molecule has 6 heteroatoms. The number of nitrogens with two attached hydrogens (primary N) is 1. The number of hydrogen-bond donors (Lipinski definition) is 3. The number of amides is 1. The van der Waals surface area contributed by atoms with Crippen LogP contribution in [0.2, 0.25) is 0 Å². The number of nitrogens with zero attached hydrogens (tertiary/aromatic N) is 2. The maximum Gasteiger partial charge on any atom is 0.255 e. The zero-order valence-corrected chi connectivity index (χ0v) is 15.5. The van der Waals surface area contributed by atoms with Crippen LogP contribution in [-0.2, 0) is 0 Å².